The van der Waals surface area contributed by atoms with Crippen LogP contribution in [0.4, 0.5) is 5.69 Å². The Hall–Kier alpha value is -3.87. The van der Waals surface area contributed by atoms with Crippen LogP contribution in [0.2, 0.25) is 0 Å². The van der Waals surface area contributed by atoms with E-state index in [2.05, 4.69) is 29.4 Å². The number of amides is 1. The number of para-hydroxylation sites is 1. The van der Waals surface area contributed by atoms with Crippen LogP contribution >= 0.6 is 0 Å². The molecule has 4 rings (SSSR count). The van der Waals surface area contributed by atoms with Crippen molar-refractivity contribution in [3.05, 3.63) is 72.5 Å². The van der Waals surface area contributed by atoms with Crippen molar-refractivity contribution in [3.63, 3.8) is 0 Å². The molecule has 0 saturated carbocycles. The van der Waals surface area contributed by atoms with E-state index in [0.717, 1.165) is 0 Å². The van der Waals surface area contributed by atoms with Crippen LogP contribution in [0.3, 0.4) is 0 Å². The third-order valence-corrected chi connectivity index (χ3v) is 4.23. The highest BCUT2D eigenvalue weighted by Crippen LogP contribution is 2.26. The standard InChI is InChI=1S/C23H21N3O4/c1-15(2)14-29-19-10-4-3-9-18(19)21(27)24-17-8-5-7-16(13-17)22-25-26-23(30-22)20-11-6-12-28-20/h3-13,15H,14H2,1-2H3,(H,24,27). The number of anilines is 1. The normalized spacial score (nSPS) is 10.9. The largest absolute Gasteiger partial charge is 0.492 e. The molecule has 4 aromatic rings. The highest BCUT2D eigenvalue weighted by Gasteiger charge is 2.15. The molecule has 0 aliphatic carbocycles. The van der Waals surface area contributed by atoms with E-state index in [1.165, 1.54) is 6.26 Å². The number of nitrogens with zero attached hydrogens (tertiary/aromatic N) is 2. The van der Waals surface area contributed by atoms with Crippen LogP contribution < -0.4 is 10.1 Å². The van der Waals surface area contributed by atoms with E-state index >= 15 is 0 Å². The van der Waals surface area contributed by atoms with Crippen LogP contribution in [0, 0.1) is 5.92 Å². The topological polar surface area (TPSA) is 90.4 Å². The maximum absolute atomic E-state index is 12.8. The zero-order valence-corrected chi connectivity index (χ0v) is 16.7. The van der Waals surface area contributed by atoms with E-state index in [4.69, 9.17) is 13.6 Å². The average molecular weight is 403 g/mol. The number of aromatic nitrogens is 2. The molecule has 2 aromatic carbocycles. The molecule has 0 aliphatic rings. The summed E-state index contributed by atoms with van der Waals surface area (Å²) in [6, 6.07) is 17.9. The molecule has 1 N–H and O–H groups in total. The maximum atomic E-state index is 12.8. The summed E-state index contributed by atoms with van der Waals surface area (Å²) in [5.74, 6) is 1.78. The minimum absolute atomic E-state index is 0.256. The fraction of sp³-hybridized carbons (Fsp3) is 0.174. The molecule has 1 amide bonds. The summed E-state index contributed by atoms with van der Waals surface area (Å²) in [4.78, 5) is 12.8. The summed E-state index contributed by atoms with van der Waals surface area (Å²) in [7, 11) is 0. The molecule has 2 aromatic heterocycles. The Balaban J connectivity index is 1.52. The summed E-state index contributed by atoms with van der Waals surface area (Å²) in [5, 5.41) is 11.0. The third kappa shape index (κ3) is 4.41. The second-order valence-corrected chi connectivity index (χ2v) is 7.13. The Morgan fingerprint density at radius 2 is 1.87 bits per heavy atom. The molecule has 0 fully saturated rings. The molecular formula is C23H21N3O4. The number of carbonyl (C=O) groups is 1. The van der Waals surface area contributed by atoms with Gasteiger partial charge in [0.15, 0.2) is 5.76 Å². The Labute approximate surface area is 173 Å². The van der Waals surface area contributed by atoms with Crippen LogP contribution in [0.25, 0.3) is 23.1 Å². The molecule has 7 heteroatoms. The molecule has 7 nitrogen and oxygen atoms in total. The van der Waals surface area contributed by atoms with Crippen molar-refractivity contribution in [2.45, 2.75) is 13.8 Å². The molecule has 0 aliphatic heterocycles. The van der Waals surface area contributed by atoms with Crippen molar-refractivity contribution in [3.8, 4) is 28.9 Å². The minimum Gasteiger partial charge on any atom is -0.492 e. The SMILES string of the molecule is CC(C)COc1ccccc1C(=O)Nc1cccc(-c2nnc(-c3ccco3)o2)c1. The molecule has 0 spiro atoms. The van der Waals surface area contributed by atoms with Gasteiger partial charge in [0.2, 0.25) is 5.89 Å². The van der Waals surface area contributed by atoms with Gasteiger partial charge in [-0.1, -0.05) is 32.0 Å². The molecule has 0 bridgehead atoms. The van der Waals surface area contributed by atoms with Gasteiger partial charge < -0.3 is 18.9 Å². The lowest BCUT2D eigenvalue weighted by Gasteiger charge is -2.13. The van der Waals surface area contributed by atoms with Crippen LogP contribution in [-0.4, -0.2) is 22.7 Å². The van der Waals surface area contributed by atoms with Crippen molar-refractivity contribution in [1.82, 2.24) is 10.2 Å². The van der Waals surface area contributed by atoms with Gasteiger partial charge in [0.25, 0.3) is 11.8 Å². The predicted octanol–water partition coefficient (Wildman–Crippen LogP) is 5.28. The van der Waals surface area contributed by atoms with Crippen LogP contribution in [-0.2, 0) is 0 Å². The van der Waals surface area contributed by atoms with E-state index in [1.807, 2.05) is 24.3 Å². The van der Waals surface area contributed by atoms with Gasteiger partial charge >= 0.3 is 0 Å². The predicted molar refractivity (Wildman–Crippen MR) is 112 cm³/mol. The molecule has 0 atom stereocenters. The van der Waals surface area contributed by atoms with Gasteiger partial charge in [-0.25, -0.2) is 0 Å². The fourth-order valence-electron chi connectivity index (χ4n) is 2.80. The number of nitrogens with one attached hydrogen (secondary N) is 1. The summed E-state index contributed by atoms with van der Waals surface area (Å²) in [5.41, 5.74) is 1.76. The summed E-state index contributed by atoms with van der Waals surface area (Å²) in [6.45, 7) is 4.65. The molecule has 0 unspecified atom stereocenters. The Morgan fingerprint density at radius 1 is 1.03 bits per heavy atom. The molecule has 152 valence electrons. The van der Waals surface area contributed by atoms with Gasteiger partial charge in [-0.3, -0.25) is 4.79 Å². The first kappa shape index (κ1) is 19.4. The van der Waals surface area contributed by atoms with Crippen LogP contribution in [0.1, 0.15) is 24.2 Å². The first-order valence-electron chi connectivity index (χ1n) is 9.61. The minimum atomic E-state index is -0.256. The number of hydrogen-bond acceptors (Lipinski definition) is 6. The molecular weight excluding hydrogens is 382 g/mol. The number of benzene rings is 2. The van der Waals surface area contributed by atoms with E-state index in [1.54, 1.807) is 36.4 Å². The van der Waals surface area contributed by atoms with Crippen LogP contribution in [0.5, 0.6) is 5.75 Å². The smallest absolute Gasteiger partial charge is 0.283 e. The van der Waals surface area contributed by atoms with Gasteiger partial charge in [0, 0.05) is 11.3 Å². The van der Waals surface area contributed by atoms with Gasteiger partial charge in [-0.2, -0.15) is 0 Å². The zero-order chi connectivity index (χ0) is 20.9. The lowest BCUT2D eigenvalue weighted by atomic mass is 10.1. The molecule has 0 saturated heterocycles. The van der Waals surface area contributed by atoms with Crippen molar-refractivity contribution >= 4 is 11.6 Å². The number of hydrogen-bond donors (Lipinski definition) is 1. The average Bonchev–Trinajstić information content (AvgIpc) is 3.44. The van der Waals surface area contributed by atoms with E-state index in [-0.39, 0.29) is 5.91 Å². The lowest BCUT2D eigenvalue weighted by molar-refractivity contribution is 0.102. The van der Waals surface area contributed by atoms with Crippen molar-refractivity contribution < 1.29 is 18.4 Å². The Bertz CT molecular complexity index is 1130. The zero-order valence-electron chi connectivity index (χ0n) is 16.7. The van der Waals surface area contributed by atoms with E-state index in [0.29, 0.717) is 52.6 Å². The van der Waals surface area contributed by atoms with Gasteiger partial charge in [-0.05, 0) is 48.4 Å². The first-order valence-corrected chi connectivity index (χ1v) is 9.61. The fourth-order valence-corrected chi connectivity index (χ4v) is 2.80. The third-order valence-electron chi connectivity index (χ3n) is 4.23. The molecule has 30 heavy (non-hydrogen) atoms. The van der Waals surface area contributed by atoms with Gasteiger partial charge in [-0.15, -0.1) is 10.2 Å². The molecule has 0 radical (unpaired) electrons. The highest BCUT2D eigenvalue weighted by molar-refractivity contribution is 6.06. The first-order chi connectivity index (χ1) is 14.6. The summed E-state index contributed by atoms with van der Waals surface area (Å²) < 4.78 is 16.7. The van der Waals surface area contributed by atoms with Crippen LogP contribution in [0.15, 0.2) is 75.8 Å². The molecule has 2 heterocycles. The second-order valence-electron chi connectivity index (χ2n) is 7.13. The summed E-state index contributed by atoms with van der Waals surface area (Å²) >= 11 is 0. The second kappa shape index (κ2) is 8.65. The van der Waals surface area contributed by atoms with Crippen molar-refractivity contribution in [2.75, 3.05) is 11.9 Å². The highest BCUT2D eigenvalue weighted by atomic mass is 16.5. The van der Waals surface area contributed by atoms with Crippen molar-refractivity contribution in [2.24, 2.45) is 5.92 Å². The quantitative estimate of drug-likeness (QED) is 0.451. The monoisotopic (exact) mass is 403 g/mol. The Morgan fingerprint density at radius 3 is 2.67 bits per heavy atom. The summed E-state index contributed by atoms with van der Waals surface area (Å²) in [6.07, 6.45) is 1.54. The number of rotatable bonds is 7. The van der Waals surface area contributed by atoms with E-state index in [9.17, 15) is 4.79 Å². The number of furan rings is 1. The van der Waals surface area contributed by atoms with Crippen molar-refractivity contribution in [1.29, 1.82) is 0 Å². The van der Waals surface area contributed by atoms with Gasteiger partial charge in [0.1, 0.15) is 5.75 Å². The number of ether oxygens (including phenoxy) is 1. The maximum Gasteiger partial charge on any atom is 0.283 e. The lowest BCUT2D eigenvalue weighted by Crippen LogP contribution is -2.15. The Kier molecular flexibility index (Phi) is 5.61. The van der Waals surface area contributed by atoms with Gasteiger partial charge in [0.05, 0.1) is 18.4 Å². The number of carbonyl (C=O) groups excluding carboxylic acids is 1. The van der Waals surface area contributed by atoms with E-state index < -0.39 is 0 Å².